The molecule has 0 aliphatic heterocycles. The van der Waals surface area contributed by atoms with Gasteiger partial charge in [-0.15, -0.1) is 0 Å². The topological polar surface area (TPSA) is 75.8 Å². The van der Waals surface area contributed by atoms with Gasteiger partial charge in [0.2, 0.25) is 0 Å². The predicted molar refractivity (Wildman–Crippen MR) is 145 cm³/mol. The number of hydrogen-bond donors (Lipinski definition) is 2. The highest BCUT2D eigenvalue weighted by Crippen LogP contribution is 2.25. The van der Waals surface area contributed by atoms with Gasteiger partial charge in [0, 0.05) is 23.9 Å². The normalized spacial score (nSPS) is 12.4. The molecule has 0 bridgehead atoms. The van der Waals surface area contributed by atoms with Crippen LogP contribution in [0.5, 0.6) is 0 Å². The minimum absolute atomic E-state index is 0.00895. The van der Waals surface area contributed by atoms with E-state index in [9.17, 15) is 9.90 Å². The molecule has 0 saturated heterocycles. The maximum atomic E-state index is 11.5. The molecule has 36 heavy (non-hydrogen) atoms. The molecule has 4 rings (SSSR count). The maximum absolute atomic E-state index is 11.5. The van der Waals surface area contributed by atoms with E-state index in [0.29, 0.717) is 0 Å². The second-order valence-electron chi connectivity index (χ2n) is 9.99. The lowest BCUT2D eigenvalue weighted by Crippen LogP contribution is -2.29. The molecular weight excluding hydrogens is 450 g/mol. The molecule has 0 aliphatic carbocycles. The van der Waals surface area contributed by atoms with Gasteiger partial charge in [0.15, 0.2) is 0 Å². The monoisotopic (exact) mass is 485 g/mol. The van der Waals surface area contributed by atoms with E-state index in [-0.39, 0.29) is 6.61 Å². The smallest absolute Gasteiger partial charge is 0.312 e. The molecule has 6 nitrogen and oxygen atoms in total. The van der Waals surface area contributed by atoms with Crippen molar-refractivity contribution >= 4 is 27.8 Å². The van der Waals surface area contributed by atoms with E-state index in [4.69, 9.17) is 4.84 Å². The number of carboxylic acids is 1. The Hall–Kier alpha value is -3.64. The van der Waals surface area contributed by atoms with Gasteiger partial charge in [-0.1, -0.05) is 65.8 Å². The first-order valence-electron chi connectivity index (χ1n) is 12.4. The Morgan fingerprint density at radius 3 is 2.47 bits per heavy atom. The highest BCUT2D eigenvalue weighted by molar-refractivity contribution is 5.95. The molecule has 0 fully saturated rings. The number of rotatable bonds is 10. The van der Waals surface area contributed by atoms with Crippen molar-refractivity contribution in [3.05, 3.63) is 88.8 Å². The summed E-state index contributed by atoms with van der Waals surface area (Å²) in [6.45, 7) is 10.2. The van der Waals surface area contributed by atoms with Gasteiger partial charge in [-0.3, -0.25) is 4.79 Å². The van der Waals surface area contributed by atoms with Gasteiger partial charge in [0.05, 0.1) is 16.4 Å². The molecule has 0 atom stereocenters. The lowest BCUT2D eigenvalue weighted by Gasteiger charge is -2.20. The summed E-state index contributed by atoms with van der Waals surface area (Å²) in [6, 6.07) is 22.9. The first-order chi connectivity index (χ1) is 17.3. The second kappa shape index (κ2) is 11.0. The van der Waals surface area contributed by atoms with E-state index in [1.807, 2.05) is 18.2 Å². The summed E-state index contributed by atoms with van der Waals surface area (Å²) in [5, 5.41) is 20.2. The van der Waals surface area contributed by atoms with Crippen molar-refractivity contribution in [3.8, 4) is 0 Å². The Morgan fingerprint density at radius 1 is 1.00 bits per heavy atom. The molecule has 0 saturated carbocycles. The van der Waals surface area contributed by atoms with Crippen LogP contribution < -0.4 is 10.7 Å². The number of nitrogens with zero attached hydrogens (tertiary/aromatic N) is 2. The van der Waals surface area contributed by atoms with Gasteiger partial charge in [0.25, 0.3) is 0 Å². The van der Waals surface area contributed by atoms with Gasteiger partial charge >= 0.3 is 5.97 Å². The summed E-state index contributed by atoms with van der Waals surface area (Å²) in [5.41, 5.74) is 4.90. The van der Waals surface area contributed by atoms with Crippen LogP contribution in [0.2, 0.25) is 0 Å². The molecule has 4 aromatic rings. The molecule has 2 N–H and O–H groups in total. The number of aliphatic carboxylic acids is 1. The van der Waals surface area contributed by atoms with E-state index < -0.39 is 11.4 Å². The van der Waals surface area contributed by atoms with Gasteiger partial charge < -0.3 is 19.8 Å². The van der Waals surface area contributed by atoms with Gasteiger partial charge in [0.1, 0.15) is 12.0 Å². The van der Waals surface area contributed by atoms with Crippen LogP contribution in [0.1, 0.15) is 37.0 Å². The Kier molecular flexibility index (Phi) is 7.75. The summed E-state index contributed by atoms with van der Waals surface area (Å²) in [5.74, 6) is -0.911. The summed E-state index contributed by atoms with van der Waals surface area (Å²) in [4.78, 5) is 17.2. The number of benzene rings is 3. The molecule has 6 heteroatoms. The molecule has 188 valence electrons. The number of hydrogen-bond acceptors (Lipinski definition) is 4. The van der Waals surface area contributed by atoms with E-state index in [2.05, 4.69) is 77.4 Å². The molecule has 0 spiro atoms. The number of aromatic nitrogens is 1. The van der Waals surface area contributed by atoms with Gasteiger partial charge in [-0.2, -0.15) is 0 Å². The fourth-order valence-corrected chi connectivity index (χ4v) is 4.36. The van der Waals surface area contributed by atoms with Crippen LogP contribution in [0.3, 0.4) is 0 Å². The Morgan fingerprint density at radius 2 is 1.72 bits per heavy atom. The highest BCUT2D eigenvalue weighted by atomic mass is 16.6. The average molecular weight is 486 g/mol. The minimum atomic E-state index is -1.02. The zero-order valence-electron chi connectivity index (χ0n) is 21.5. The zero-order valence-corrected chi connectivity index (χ0v) is 21.5. The third kappa shape index (κ3) is 5.44. The van der Waals surface area contributed by atoms with Crippen LogP contribution >= 0.6 is 0 Å². The number of carbonyl (C=O) groups is 1. The number of fused-ring (bicyclic) bond motifs is 2. The lowest BCUT2D eigenvalue weighted by molar-refractivity contribution is -0.150. The number of para-hydroxylation sites is 1. The molecular formula is C30H35N3O3. The van der Waals surface area contributed by atoms with Crippen LogP contribution in [0.4, 0.5) is 0 Å². The van der Waals surface area contributed by atoms with Crippen molar-refractivity contribution < 1.29 is 14.7 Å². The van der Waals surface area contributed by atoms with Gasteiger partial charge in [-0.25, -0.2) is 0 Å². The Bertz CT molecular complexity index is 1440. The van der Waals surface area contributed by atoms with Gasteiger partial charge in [-0.05, 0) is 63.4 Å². The Labute approximate surface area is 212 Å². The first kappa shape index (κ1) is 25.5. The zero-order chi connectivity index (χ0) is 25.7. The second-order valence-corrected chi connectivity index (χ2v) is 9.99. The summed E-state index contributed by atoms with van der Waals surface area (Å²) in [6.07, 6.45) is 0.976. The van der Waals surface area contributed by atoms with Crippen molar-refractivity contribution in [2.24, 2.45) is 10.6 Å². The minimum Gasteiger partial charge on any atom is -0.481 e. The van der Waals surface area contributed by atoms with Crippen molar-refractivity contribution in [2.75, 3.05) is 13.2 Å². The summed E-state index contributed by atoms with van der Waals surface area (Å²) < 4.78 is 2.39. The Balaban J connectivity index is 1.70. The molecule has 0 aliphatic rings. The molecule has 3 aromatic carbocycles. The molecule has 1 heterocycles. The maximum Gasteiger partial charge on any atom is 0.312 e. The molecule has 0 unspecified atom stereocenters. The summed E-state index contributed by atoms with van der Waals surface area (Å²) >= 11 is 0. The van der Waals surface area contributed by atoms with E-state index in [0.717, 1.165) is 53.2 Å². The van der Waals surface area contributed by atoms with E-state index in [1.54, 1.807) is 13.8 Å². The number of nitrogens with one attached hydrogen (secondary N) is 1. The van der Waals surface area contributed by atoms with Crippen molar-refractivity contribution in [2.45, 2.75) is 47.2 Å². The third-order valence-corrected chi connectivity index (χ3v) is 6.74. The fourth-order valence-electron chi connectivity index (χ4n) is 4.36. The van der Waals surface area contributed by atoms with E-state index >= 15 is 0 Å². The molecule has 0 amide bonds. The summed E-state index contributed by atoms with van der Waals surface area (Å²) in [7, 11) is 0. The standard InChI is InChI=1S/C30H35N3O3/c1-21-15-16-25-27(32-36-20-30(3,4)29(34)35)24-13-8-9-14-26(24)33(28(25)22(21)2)18-10-17-31-19-23-11-6-5-7-12-23/h5-9,11-16,31H,10,17-20H2,1-4H3,(H,34,35)/b32-27+. The van der Waals surface area contributed by atoms with Crippen LogP contribution in [-0.2, 0) is 22.7 Å². The fraction of sp³-hybridized carbons (Fsp3) is 0.333. The predicted octanol–water partition coefficient (Wildman–Crippen LogP) is 5.53. The largest absolute Gasteiger partial charge is 0.481 e. The van der Waals surface area contributed by atoms with Crippen LogP contribution in [0.25, 0.3) is 21.8 Å². The van der Waals surface area contributed by atoms with Crippen molar-refractivity contribution in [1.29, 1.82) is 0 Å². The average Bonchev–Trinajstić information content (AvgIpc) is 2.87. The number of pyridine rings is 1. The van der Waals surface area contributed by atoms with Crippen LogP contribution in [0, 0.1) is 19.3 Å². The highest BCUT2D eigenvalue weighted by Gasteiger charge is 2.28. The van der Waals surface area contributed by atoms with Crippen molar-refractivity contribution in [1.82, 2.24) is 9.88 Å². The number of carboxylic acid groups (broad SMARTS) is 1. The quantitative estimate of drug-likeness (QED) is 0.176. The van der Waals surface area contributed by atoms with Crippen LogP contribution in [-0.4, -0.2) is 28.8 Å². The van der Waals surface area contributed by atoms with E-state index in [1.165, 1.54) is 16.7 Å². The molecule has 0 radical (unpaired) electrons. The molecule has 1 aromatic heterocycles. The number of aryl methyl sites for hydroxylation is 3. The third-order valence-electron chi connectivity index (χ3n) is 6.74. The lowest BCUT2D eigenvalue weighted by atomic mass is 9.96. The van der Waals surface area contributed by atoms with Crippen molar-refractivity contribution in [3.63, 3.8) is 0 Å². The first-order valence-corrected chi connectivity index (χ1v) is 12.4. The van der Waals surface area contributed by atoms with Crippen LogP contribution in [0.15, 0.2) is 71.9 Å². The SMILES string of the molecule is Cc1ccc2/c(=N/OCC(C)(C)C(=O)O)c3ccccc3n(CCCNCc3ccccc3)c2c1C.